The molecule has 13 heteroatoms. The number of rotatable bonds is 9. The van der Waals surface area contributed by atoms with Crippen molar-refractivity contribution < 1.29 is 31.8 Å². The Kier molecular flexibility index (Phi) is 8.04. The summed E-state index contributed by atoms with van der Waals surface area (Å²) in [6.07, 6.45) is 1.33. The smallest absolute Gasteiger partial charge is 0.339 e. The van der Waals surface area contributed by atoms with E-state index in [1.807, 2.05) is 0 Å². The molecule has 0 fully saturated rings. The van der Waals surface area contributed by atoms with Crippen molar-refractivity contribution in [3.05, 3.63) is 86.4 Å². The number of hydrazone groups is 1. The van der Waals surface area contributed by atoms with Crippen LogP contribution in [0.3, 0.4) is 0 Å². The molecule has 0 spiro atoms. The molecule has 3 rings (SSSR count). The van der Waals surface area contributed by atoms with Crippen molar-refractivity contribution in [2.45, 2.75) is 4.90 Å². The summed E-state index contributed by atoms with van der Waals surface area (Å²) in [5, 5.41) is 14.9. The highest BCUT2D eigenvalue weighted by atomic mass is 79.9. The molecule has 0 aliphatic rings. The van der Waals surface area contributed by atoms with E-state index in [2.05, 4.69) is 26.5 Å². The molecular formula is C22H18BrN3O8S. The Hall–Kier alpha value is -3.97. The highest BCUT2D eigenvalue weighted by Crippen LogP contribution is 2.38. The molecule has 0 radical (unpaired) electrons. The number of nitro groups is 1. The number of ether oxygens (including phenoxy) is 2. The first-order valence-corrected chi connectivity index (χ1v) is 11.9. The number of carbonyl (C=O) groups excluding carboxylic acids is 1. The molecule has 0 heterocycles. The number of benzene rings is 3. The Balaban J connectivity index is 1.79. The van der Waals surface area contributed by atoms with Crippen LogP contribution in [0.4, 0.5) is 5.69 Å². The van der Waals surface area contributed by atoms with Crippen molar-refractivity contribution in [2.75, 3.05) is 14.2 Å². The molecule has 11 nitrogen and oxygen atoms in total. The summed E-state index contributed by atoms with van der Waals surface area (Å²) >= 11 is 3.23. The summed E-state index contributed by atoms with van der Waals surface area (Å²) in [6.45, 7) is 0. The highest BCUT2D eigenvalue weighted by molar-refractivity contribution is 9.10. The third-order valence-corrected chi connectivity index (χ3v) is 6.30. The number of hydrogen-bond acceptors (Lipinski definition) is 9. The van der Waals surface area contributed by atoms with Crippen LogP contribution >= 0.6 is 15.9 Å². The van der Waals surface area contributed by atoms with Gasteiger partial charge in [-0.3, -0.25) is 14.9 Å². The van der Waals surface area contributed by atoms with Gasteiger partial charge in [0.05, 0.1) is 29.8 Å². The number of nitrogens with one attached hydrogen (secondary N) is 1. The number of carbonyl (C=O) groups is 1. The van der Waals surface area contributed by atoms with E-state index in [1.54, 1.807) is 24.3 Å². The lowest BCUT2D eigenvalue weighted by atomic mass is 10.2. The number of hydrogen-bond donors (Lipinski definition) is 1. The first-order chi connectivity index (χ1) is 16.6. The predicted octanol–water partition coefficient (Wildman–Crippen LogP) is 3.91. The lowest BCUT2D eigenvalue weighted by Gasteiger charge is -2.13. The molecule has 0 saturated carbocycles. The fourth-order valence-electron chi connectivity index (χ4n) is 2.78. The van der Waals surface area contributed by atoms with E-state index < -0.39 is 31.5 Å². The lowest BCUT2D eigenvalue weighted by Crippen LogP contribution is -2.17. The van der Waals surface area contributed by atoms with E-state index in [4.69, 9.17) is 13.7 Å². The maximum Gasteiger partial charge on any atom is 0.339 e. The van der Waals surface area contributed by atoms with Crippen LogP contribution in [0, 0.1) is 10.1 Å². The minimum absolute atomic E-state index is 0.0383. The first-order valence-electron chi connectivity index (χ1n) is 9.68. The number of non-ortho nitro benzene ring substituents is 1. The minimum Gasteiger partial charge on any atom is -0.497 e. The van der Waals surface area contributed by atoms with Crippen LogP contribution in [0.15, 0.2) is 75.1 Å². The molecule has 3 aromatic rings. The van der Waals surface area contributed by atoms with Gasteiger partial charge in [0, 0.05) is 17.7 Å². The Labute approximate surface area is 208 Å². The van der Waals surface area contributed by atoms with Crippen LogP contribution in [-0.4, -0.2) is 39.7 Å². The van der Waals surface area contributed by atoms with E-state index >= 15 is 0 Å². The first kappa shape index (κ1) is 25.6. The van der Waals surface area contributed by atoms with Gasteiger partial charge in [-0.25, -0.2) is 5.43 Å². The Morgan fingerprint density at radius 3 is 2.43 bits per heavy atom. The van der Waals surface area contributed by atoms with E-state index in [9.17, 15) is 23.3 Å². The normalized spacial score (nSPS) is 11.2. The standard InChI is InChI=1S/C22H18BrN3O8S/c1-32-17-8-6-15(7-9-17)22(27)25-24-13-14-10-19(23)21(20(11-14)33-2)34-35(30,31)18-5-3-4-16(12-18)26(28)29/h3-13H,1-2H3,(H,25,27)/b24-13-. The lowest BCUT2D eigenvalue weighted by molar-refractivity contribution is -0.385. The Morgan fingerprint density at radius 2 is 1.80 bits per heavy atom. The fraction of sp³-hybridized carbons (Fsp3) is 0.0909. The van der Waals surface area contributed by atoms with Crippen molar-refractivity contribution in [1.29, 1.82) is 0 Å². The van der Waals surface area contributed by atoms with Crippen molar-refractivity contribution >= 4 is 43.9 Å². The molecular weight excluding hydrogens is 546 g/mol. The third kappa shape index (κ3) is 6.33. The Morgan fingerprint density at radius 1 is 1.09 bits per heavy atom. The van der Waals surface area contributed by atoms with Crippen LogP contribution in [0.5, 0.6) is 17.2 Å². The maximum atomic E-state index is 12.7. The van der Waals surface area contributed by atoms with Gasteiger partial charge in [-0.1, -0.05) is 6.07 Å². The van der Waals surface area contributed by atoms with Crippen molar-refractivity contribution in [1.82, 2.24) is 5.43 Å². The van der Waals surface area contributed by atoms with E-state index in [1.165, 1.54) is 44.7 Å². The van der Waals surface area contributed by atoms with Gasteiger partial charge in [-0.2, -0.15) is 13.5 Å². The average Bonchev–Trinajstić information content (AvgIpc) is 2.85. The molecule has 0 aliphatic heterocycles. The minimum atomic E-state index is -4.42. The van der Waals surface area contributed by atoms with Crippen LogP contribution in [0.1, 0.15) is 15.9 Å². The number of amides is 1. The quantitative estimate of drug-likeness (QED) is 0.178. The predicted molar refractivity (Wildman–Crippen MR) is 130 cm³/mol. The molecule has 3 aromatic carbocycles. The molecule has 182 valence electrons. The molecule has 35 heavy (non-hydrogen) atoms. The zero-order valence-electron chi connectivity index (χ0n) is 18.3. The van der Waals surface area contributed by atoms with Gasteiger partial charge < -0.3 is 13.7 Å². The number of methoxy groups -OCH3 is 2. The van der Waals surface area contributed by atoms with Gasteiger partial charge in [0.2, 0.25) is 0 Å². The molecule has 0 aliphatic carbocycles. The average molecular weight is 564 g/mol. The molecule has 1 amide bonds. The van der Waals surface area contributed by atoms with Gasteiger partial charge in [-0.15, -0.1) is 0 Å². The zero-order valence-corrected chi connectivity index (χ0v) is 20.7. The van der Waals surface area contributed by atoms with Crippen molar-refractivity contribution in [3.8, 4) is 17.2 Å². The second-order valence-electron chi connectivity index (χ2n) is 6.75. The number of nitro benzene ring substituents is 1. The number of nitrogens with zero attached hydrogens (tertiary/aromatic N) is 2. The van der Waals surface area contributed by atoms with E-state index in [0.717, 1.165) is 12.1 Å². The van der Waals surface area contributed by atoms with Gasteiger partial charge in [-0.05, 0) is 64.0 Å². The third-order valence-electron chi connectivity index (χ3n) is 4.49. The van der Waals surface area contributed by atoms with Gasteiger partial charge >= 0.3 is 10.1 Å². The molecule has 0 bridgehead atoms. The summed E-state index contributed by atoms with van der Waals surface area (Å²) in [4.78, 5) is 22.1. The Bertz CT molecular complexity index is 1390. The molecule has 0 atom stereocenters. The van der Waals surface area contributed by atoms with Crippen LogP contribution in [0.25, 0.3) is 0 Å². The molecule has 0 saturated heterocycles. The molecule has 0 aromatic heterocycles. The van der Waals surface area contributed by atoms with Gasteiger partial charge in [0.25, 0.3) is 11.6 Å². The molecule has 0 unspecified atom stereocenters. The van der Waals surface area contributed by atoms with Crippen molar-refractivity contribution in [2.24, 2.45) is 5.10 Å². The second-order valence-corrected chi connectivity index (χ2v) is 9.15. The summed E-state index contributed by atoms with van der Waals surface area (Å²) in [6, 6.07) is 13.8. The SMILES string of the molecule is COc1ccc(C(=O)N/N=C\c2cc(Br)c(OS(=O)(=O)c3cccc([N+](=O)[O-])c3)c(OC)c2)cc1. The summed E-state index contributed by atoms with van der Waals surface area (Å²) < 4.78 is 41.1. The van der Waals surface area contributed by atoms with Crippen LogP contribution in [0.2, 0.25) is 0 Å². The summed E-state index contributed by atoms with van der Waals surface area (Å²) in [5.74, 6) is 0.0319. The maximum absolute atomic E-state index is 12.7. The second kappa shape index (κ2) is 11.0. The van der Waals surface area contributed by atoms with Crippen LogP contribution in [-0.2, 0) is 10.1 Å². The fourth-order valence-corrected chi connectivity index (χ4v) is 4.42. The zero-order chi connectivity index (χ0) is 25.6. The largest absolute Gasteiger partial charge is 0.497 e. The van der Waals surface area contributed by atoms with E-state index in [0.29, 0.717) is 16.9 Å². The van der Waals surface area contributed by atoms with E-state index in [-0.39, 0.29) is 16.0 Å². The van der Waals surface area contributed by atoms with Gasteiger partial charge in [0.15, 0.2) is 11.5 Å². The van der Waals surface area contributed by atoms with Crippen molar-refractivity contribution in [3.63, 3.8) is 0 Å². The number of halogens is 1. The summed E-state index contributed by atoms with van der Waals surface area (Å²) in [7, 11) is -1.59. The topological polar surface area (TPSA) is 146 Å². The summed E-state index contributed by atoms with van der Waals surface area (Å²) in [5.41, 5.74) is 2.80. The highest BCUT2D eigenvalue weighted by Gasteiger charge is 2.24. The van der Waals surface area contributed by atoms with Crippen LogP contribution < -0.4 is 19.1 Å². The molecule has 1 N–H and O–H groups in total. The monoisotopic (exact) mass is 563 g/mol. The van der Waals surface area contributed by atoms with Gasteiger partial charge in [0.1, 0.15) is 10.6 Å².